The fraction of sp³-hybridized carbons (Fsp3) is 0.389. The third-order valence-electron chi connectivity index (χ3n) is 4.47. The lowest BCUT2D eigenvalue weighted by atomic mass is 10.0. The third-order valence-corrected chi connectivity index (χ3v) is 4.76. The lowest BCUT2D eigenvalue weighted by molar-refractivity contribution is -0.367. The Balaban J connectivity index is 1.59. The van der Waals surface area contributed by atoms with E-state index in [0.29, 0.717) is 24.9 Å². The standard InChI is InChI=1S/C18H19ClF3N3O/c1-26-15-4-2-13(3-5-15)24-14-6-8-25(9-7-14)17-16(19)10-12(11-23-17)18(20,21)22/h2-5,10-11,14,24H,6-9H2,1H3/p+1. The third kappa shape index (κ3) is 4.33. The summed E-state index contributed by atoms with van der Waals surface area (Å²) in [5.74, 6) is 1.33. The first kappa shape index (κ1) is 18.6. The van der Waals surface area contributed by atoms with Gasteiger partial charge >= 0.3 is 6.18 Å². The van der Waals surface area contributed by atoms with Gasteiger partial charge in [-0.05, 0) is 30.3 Å². The Kier molecular flexibility index (Phi) is 5.46. The number of pyridine rings is 1. The number of H-pyrrole nitrogens is 1. The van der Waals surface area contributed by atoms with E-state index in [9.17, 15) is 13.2 Å². The molecule has 3 rings (SSSR count). The van der Waals surface area contributed by atoms with Crippen molar-refractivity contribution in [2.24, 2.45) is 0 Å². The van der Waals surface area contributed by atoms with Crippen LogP contribution in [0.4, 0.5) is 24.7 Å². The second kappa shape index (κ2) is 7.61. The van der Waals surface area contributed by atoms with E-state index in [2.05, 4.69) is 10.3 Å². The van der Waals surface area contributed by atoms with Gasteiger partial charge < -0.3 is 10.1 Å². The Labute approximate surface area is 154 Å². The lowest BCUT2D eigenvalue weighted by Gasteiger charge is -2.29. The van der Waals surface area contributed by atoms with Crippen molar-refractivity contribution in [3.05, 3.63) is 47.1 Å². The van der Waals surface area contributed by atoms with Crippen molar-refractivity contribution in [2.45, 2.75) is 25.1 Å². The monoisotopic (exact) mass is 386 g/mol. The first-order chi connectivity index (χ1) is 12.4. The largest absolute Gasteiger partial charge is 0.497 e. The van der Waals surface area contributed by atoms with Gasteiger partial charge in [-0.15, -0.1) is 0 Å². The molecule has 1 aromatic carbocycles. The number of hydrogen-bond acceptors (Lipinski definition) is 3. The zero-order valence-electron chi connectivity index (χ0n) is 14.2. The van der Waals surface area contributed by atoms with Crippen molar-refractivity contribution < 1.29 is 22.9 Å². The molecule has 0 saturated carbocycles. The molecule has 1 saturated heterocycles. The topological polar surface area (TPSA) is 38.6 Å². The number of benzene rings is 1. The summed E-state index contributed by atoms with van der Waals surface area (Å²) in [6, 6.07) is 8.99. The normalized spacial score (nSPS) is 15.8. The summed E-state index contributed by atoms with van der Waals surface area (Å²) in [7, 11) is 1.63. The Bertz CT molecular complexity index is 744. The number of methoxy groups -OCH3 is 1. The molecule has 0 bridgehead atoms. The van der Waals surface area contributed by atoms with Gasteiger partial charge in [-0.25, -0.2) is 4.98 Å². The molecule has 1 fully saturated rings. The molecule has 2 heterocycles. The fourth-order valence-corrected chi connectivity index (χ4v) is 3.33. The van der Waals surface area contributed by atoms with Crippen LogP contribution in [-0.4, -0.2) is 26.2 Å². The highest BCUT2D eigenvalue weighted by molar-refractivity contribution is 6.32. The van der Waals surface area contributed by atoms with Crippen molar-refractivity contribution in [3.8, 4) is 5.75 Å². The van der Waals surface area contributed by atoms with Crippen LogP contribution in [0.5, 0.6) is 5.75 Å². The number of aromatic amines is 1. The smallest absolute Gasteiger partial charge is 0.419 e. The maximum absolute atomic E-state index is 12.7. The first-order valence-corrected chi connectivity index (χ1v) is 8.68. The molecule has 0 spiro atoms. The molecule has 0 aliphatic carbocycles. The lowest BCUT2D eigenvalue weighted by Crippen LogP contribution is -2.41. The van der Waals surface area contributed by atoms with Crippen LogP contribution in [0.25, 0.3) is 0 Å². The van der Waals surface area contributed by atoms with E-state index in [-0.39, 0.29) is 5.02 Å². The maximum Gasteiger partial charge on any atom is 0.419 e. The summed E-state index contributed by atoms with van der Waals surface area (Å²) < 4.78 is 43.4. The molecular weight excluding hydrogens is 367 g/mol. The zero-order chi connectivity index (χ0) is 18.7. The van der Waals surface area contributed by atoms with Crippen LogP contribution in [0.1, 0.15) is 18.4 Å². The molecule has 4 nitrogen and oxygen atoms in total. The summed E-state index contributed by atoms with van der Waals surface area (Å²) in [4.78, 5) is 4.68. The van der Waals surface area contributed by atoms with Gasteiger partial charge in [-0.3, -0.25) is 4.90 Å². The van der Waals surface area contributed by atoms with Crippen LogP contribution in [0, 0.1) is 0 Å². The molecule has 1 aliphatic heterocycles. The summed E-state index contributed by atoms with van der Waals surface area (Å²) in [6.45, 7) is 1.41. The Hall–Kier alpha value is -2.15. The van der Waals surface area contributed by atoms with Crippen molar-refractivity contribution in [2.75, 3.05) is 30.4 Å². The quantitative estimate of drug-likeness (QED) is 0.853. The Morgan fingerprint density at radius 3 is 2.38 bits per heavy atom. The van der Waals surface area contributed by atoms with E-state index in [1.165, 1.54) is 0 Å². The molecule has 0 radical (unpaired) electrons. The van der Waals surface area contributed by atoms with Gasteiger partial charge in [0, 0.05) is 24.6 Å². The minimum absolute atomic E-state index is 0.0846. The number of alkyl halides is 3. The molecule has 1 aliphatic rings. The molecule has 0 amide bonds. The summed E-state index contributed by atoms with van der Waals surface area (Å²) >= 11 is 6.06. The molecule has 1 aromatic heterocycles. The van der Waals surface area contributed by atoms with E-state index in [0.717, 1.165) is 36.5 Å². The molecule has 26 heavy (non-hydrogen) atoms. The van der Waals surface area contributed by atoms with E-state index in [1.54, 1.807) is 7.11 Å². The number of nitrogens with zero attached hydrogens (tertiary/aromatic N) is 1. The highest BCUT2D eigenvalue weighted by Gasteiger charge is 2.34. The van der Waals surface area contributed by atoms with Gasteiger partial charge in [0.1, 0.15) is 17.0 Å². The molecule has 2 N–H and O–H groups in total. The predicted molar refractivity (Wildman–Crippen MR) is 94.9 cm³/mol. The predicted octanol–water partition coefficient (Wildman–Crippen LogP) is 4.26. The molecule has 8 heteroatoms. The second-order valence-corrected chi connectivity index (χ2v) is 6.62. The molecular formula is C18H20ClF3N3O+. The molecule has 2 aromatic rings. The number of piperidine rings is 1. The first-order valence-electron chi connectivity index (χ1n) is 8.31. The summed E-state index contributed by atoms with van der Waals surface area (Å²) in [5, 5.41) is 3.56. The van der Waals surface area contributed by atoms with Crippen LogP contribution < -0.4 is 19.9 Å². The average Bonchev–Trinajstić information content (AvgIpc) is 2.62. The zero-order valence-corrected chi connectivity index (χ0v) is 15.0. The van der Waals surface area contributed by atoms with Crippen LogP contribution in [-0.2, 0) is 6.18 Å². The van der Waals surface area contributed by atoms with Crippen LogP contribution in [0.3, 0.4) is 0 Å². The van der Waals surface area contributed by atoms with Crippen LogP contribution >= 0.6 is 11.6 Å². The number of ether oxygens (including phenoxy) is 1. The number of halogens is 4. The number of hydrogen-bond donors (Lipinski definition) is 1. The van der Waals surface area contributed by atoms with Gasteiger partial charge in [-0.1, -0.05) is 11.6 Å². The van der Waals surface area contributed by atoms with E-state index >= 15 is 0 Å². The molecule has 0 atom stereocenters. The van der Waals surface area contributed by atoms with E-state index in [4.69, 9.17) is 16.3 Å². The van der Waals surface area contributed by atoms with Gasteiger partial charge in [0.25, 0.3) is 5.82 Å². The van der Waals surface area contributed by atoms with Gasteiger partial charge in [-0.2, -0.15) is 13.2 Å². The van der Waals surface area contributed by atoms with E-state index < -0.39 is 11.7 Å². The maximum atomic E-state index is 12.7. The molecule has 140 valence electrons. The summed E-state index contributed by atoms with van der Waals surface area (Å²) in [5.41, 5.74) is 0.241. The number of aromatic nitrogens is 1. The van der Waals surface area contributed by atoms with Crippen LogP contribution in [0.15, 0.2) is 36.5 Å². The SMILES string of the molecule is COc1ccc(NC2CCN(c3[nH+]cc(C(F)(F)F)cc3Cl)CC2)cc1. The minimum atomic E-state index is -4.41. The number of rotatable bonds is 4. The van der Waals surface area contributed by atoms with Crippen molar-refractivity contribution in [1.82, 2.24) is 0 Å². The fourth-order valence-electron chi connectivity index (χ4n) is 3.04. The van der Waals surface area contributed by atoms with Gasteiger partial charge in [0.05, 0.1) is 25.8 Å². The minimum Gasteiger partial charge on any atom is -0.497 e. The van der Waals surface area contributed by atoms with Crippen molar-refractivity contribution >= 4 is 23.1 Å². The highest BCUT2D eigenvalue weighted by Crippen LogP contribution is 2.32. The van der Waals surface area contributed by atoms with Crippen molar-refractivity contribution in [1.29, 1.82) is 0 Å². The highest BCUT2D eigenvalue weighted by atomic mass is 35.5. The van der Waals surface area contributed by atoms with Crippen molar-refractivity contribution in [3.63, 3.8) is 0 Å². The Morgan fingerprint density at radius 1 is 1.19 bits per heavy atom. The average molecular weight is 387 g/mol. The van der Waals surface area contributed by atoms with Crippen LogP contribution in [0.2, 0.25) is 5.02 Å². The Morgan fingerprint density at radius 2 is 1.85 bits per heavy atom. The second-order valence-electron chi connectivity index (χ2n) is 6.22. The molecule has 0 unspecified atom stereocenters. The number of anilines is 2. The van der Waals surface area contributed by atoms with Gasteiger partial charge in [0.2, 0.25) is 0 Å². The summed E-state index contributed by atoms with van der Waals surface area (Å²) in [6.07, 6.45) is -1.73. The number of nitrogens with one attached hydrogen (secondary N) is 2. The van der Waals surface area contributed by atoms with Gasteiger partial charge in [0.15, 0.2) is 0 Å². The van der Waals surface area contributed by atoms with E-state index in [1.807, 2.05) is 29.2 Å².